The van der Waals surface area contributed by atoms with E-state index < -0.39 is 0 Å². The Hall–Kier alpha value is -3.41. The summed E-state index contributed by atoms with van der Waals surface area (Å²) in [5, 5.41) is 2.96. The average Bonchev–Trinajstić information content (AvgIpc) is 3.08. The second-order valence-corrected chi connectivity index (χ2v) is 6.50. The van der Waals surface area contributed by atoms with Crippen molar-refractivity contribution in [3.63, 3.8) is 0 Å². The third-order valence-electron chi connectivity index (χ3n) is 4.80. The number of methoxy groups -OCH3 is 1. The van der Waals surface area contributed by atoms with Crippen LogP contribution in [-0.2, 0) is 11.2 Å². The minimum absolute atomic E-state index is 0.169. The summed E-state index contributed by atoms with van der Waals surface area (Å²) in [7, 11) is 1.35. The third kappa shape index (κ3) is 3.33. The van der Waals surface area contributed by atoms with Gasteiger partial charge in [0.15, 0.2) is 0 Å². The molecular formula is C21H19N3O3. The Kier molecular flexibility index (Phi) is 4.46. The molecule has 1 aliphatic rings. The lowest BCUT2D eigenvalue weighted by atomic mass is 9.94. The van der Waals surface area contributed by atoms with Gasteiger partial charge in [-0.1, -0.05) is 42.5 Å². The number of ether oxygens (including phenoxy) is 1. The molecule has 0 saturated heterocycles. The molecule has 0 unspecified atom stereocenters. The Morgan fingerprint density at radius 2 is 1.85 bits per heavy atom. The number of imidazole rings is 1. The number of carbonyl (C=O) groups is 2. The average molecular weight is 361 g/mol. The molecule has 1 aromatic heterocycles. The maximum atomic E-state index is 12.5. The monoisotopic (exact) mass is 361 g/mol. The normalized spacial score (nSPS) is 16.2. The Bertz CT molecular complexity index is 978. The van der Waals surface area contributed by atoms with E-state index in [1.165, 1.54) is 12.7 Å². The Morgan fingerprint density at radius 1 is 1.11 bits per heavy atom. The number of rotatable bonds is 3. The molecule has 2 N–H and O–H groups in total. The lowest BCUT2D eigenvalue weighted by Crippen LogP contribution is -2.26. The first-order valence-corrected chi connectivity index (χ1v) is 8.76. The molecule has 4 rings (SSSR count). The Balaban J connectivity index is 1.64. The summed E-state index contributed by atoms with van der Waals surface area (Å²) in [6.07, 6.45) is 0.700. The van der Waals surface area contributed by atoms with Crippen LogP contribution >= 0.6 is 0 Å². The van der Waals surface area contributed by atoms with E-state index in [4.69, 9.17) is 4.74 Å². The molecule has 1 amide bonds. The highest BCUT2D eigenvalue weighted by Gasteiger charge is 2.26. The van der Waals surface area contributed by atoms with Crippen LogP contribution in [0.1, 0.15) is 38.0 Å². The van der Waals surface area contributed by atoms with Gasteiger partial charge in [0, 0.05) is 23.7 Å². The summed E-state index contributed by atoms with van der Waals surface area (Å²) < 4.78 is 4.71. The van der Waals surface area contributed by atoms with Crippen LogP contribution in [-0.4, -0.2) is 35.5 Å². The second kappa shape index (κ2) is 7.07. The van der Waals surface area contributed by atoms with Crippen LogP contribution in [0.2, 0.25) is 0 Å². The number of fused-ring (bicyclic) bond motifs is 1. The standard InChI is InChI=1S/C21H19N3O3/c1-27-21(26)15-9-7-14(8-10-15)19-23-17-11-16(13-5-3-2-4-6-13)12-22-20(25)18(17)24-19/h2-10,16H,11-12H2,1H3,(H,22,25)(H,23,24)/t16-/m1/s1. The number of hydrogen-bond donors (Lipinski definition) is 2. The molecule has 2 aromatic carbocycles. The zero-order valence-corrected chi connectivity index (χ0v) is 14.9. The fourth-order valence-electron chi connectivity index (χ4n) is 3.34. The molecule has 0 fully saturated rings. The first-order chi connectivity index (χ1) is 13.2. The Morgan fingerprint density at radius 3 is 2.56 bits per heavy atom. The van der Waals surface area contributed by atoms with Crippen molar-refractivity contribution in [2.75, 3.05) is 13.7 Å². The molecule has 2 heterocycles. The first-order valence-electron chi connectivity index (χ1n) is 8.76. The molecule has 0 aliphatic carbocycles. The van der Waals surface area contributed by atoms with Crippen LogP contribution in [0.15, 0.2) is 54.6 Å². The topological polar surface area (TPSA) is 84.1 Å². The van der Waals surface area contributed by atoms with Crippen molar-refractivity contribution in [3.8, 4) is 11.4 Å². The van der Waals surface area contributed by atoms with E-state index >= 15 is 0 Å². The van der Waals surface area contributed by atoms with Gasteiger partial charge in [0.25, 0.3) is 5.91 Å². The highest BCUT2D eigenvalue weighted by Crippen LogP contribution is 2.27. The van der Waals surface area contributed by atoms with Crippen molar-refractivity contribution >= 4 is 11.9 Å². The number of carbonyl (C=O) groups excluding carboxylic acids is 2. The Labute approximate surface area is 156 Å². The number of aromatic nitrogens is 2. The minimum Gasteiger partial charge on any atom is -0.465 e. The van der Waals surface area contributed by atoms with E-state index in [9.17, 15) is 9.59 Å². The third-order valence-corrected chi connectivity index (χ3v) is 4.80. The van der Waals surface area contributed by atoms with E-state index in [2.05, 4.69) is 27.4 Å². The van der Waals surface area contributed by atoms with Gasteiger partial charge in [0.2, 0.25) is 0 Å². The summed E-state index contributed by atoms with van der Waals surface area (Å²) in [5.41, 5.74) is 3.71. The number of amides is 1. The van der Waals surface area contributed by atoms with Crippen LogP contribution < -0.4 is 5.32 Å². The summed E-state index contributed by atoms with van der Waals surface area (Å²) >= 11 is 0. The largest absolute Gasteiger partial charge is 0.465 e. The molecule has 6 nitrogen and oxygen atoms in total. The quantitative estimate of drug-likeness (QED) is 0.703. The molecule has 0 radical (unpaired) electrons. The van der Waals surface area contributed by atoms with E-state index in [1.807, 2.05) is 18.2 Å². The van der Waals surface area contributed by atoms with Crippen molar-refractivity contribution in [2.24, 2.45) is 0 Å². The molecule has 0 bridgehead atoms. The maximum Gasteiger partial charge on any atom is 0.337 e. The van der Waals surface area contributed by atoms with E-state index in [0.29, 0.717) is 30.0 Å². The van der Waals surface area contributed by atoms with Gasteiger partial charge in [0.05, 0.1) is 12.7 Å². The predicted molar refractivity (Wildman–Crippen MR) is 101 cm³/mol. The van der Waals surface area contributed by atoms with Gasteiger partial charge in [-0.3, -0.25) is 4.79 Å². The molecule has 1 atom stereocenters. The van der Waals surface area contributed by atoms with Crippen molar-refractivity contribution in [1.82, 2.24) is 15.3 Å². The molecule has 136 valence electrons. The van der Waals surface area contributed by atoms with Crippen LogP contribution in [0.3, 0.4) is 0 Å². The number of aromatic amines is 1. The summed E-state index contributed by atoms with van der Waals surface area (Å²) in [5.74, 6) is 0.241. The molecule has 27 heavy (non-hydrogen) atoms. The zero-order chi connectivity index (χ0) is 18.8. The molecule has 6 heteroatoms. The van der Waals surface area contributed by atoms with Gasteiger partial charge in [-0.25, -0.2) is 9.78 Å². The van der Waals surface area contributed by atoms with Gasteiger partial charge in [-0.05, 0) is 24.1 Å². The number of benzene rings is 2. The molecule has 0 saturated carbocycles. The number of nitrogens with zero attached hydrogens (tertiary/aromatic N) is 1. The van der Waals surface area contributed by atoms with Crippen molar-refractivity contribution in [2.45, 2.75) is 12.3 Å². The molecule has 3 aromatic rings. The zero-order valence-electron chi connectivity index (χ0n) is 14.9. The smallest absolute Gasteiger partial charge is 0.337 e. The van der Waals surface area contributed by atoms with E-state index in [-0.39, 0.29) is 17.8 Å². The number of nitrogens with one attached hydrogen (secondary N) is 2. The van der Waals surface area contributed by atoms with Crippen LogP contribution in [0.5, 0.6) is 0 Å². The fourth-order valence-corrected chi connectivity index (χ4v) is 3.34. The van der Waals surface area contributed by atoms with Crippen LogP contribution in [0.25, 0.3) is 11.4 Å². The maximum absolute atomic E-state index is 12.5. The van der Waals surface area contributed by atoms with Crippen molar-refractivity contribution in [1.29, 1.82) is 0 Å². The van der Waals surface area contributed by atoms with Gasteiger partial charge in [-0.2, -0.15) is 0 Å². The van der Waals surface area contributed by atoms with Crippen molar-refractivity contribution in [3.05, 3.63) is 77.1 Å². The van der Waals surface area contributed by atoms with Gasteiger partial charge in [-0.15, -0.1) is 0 Å². The summed E-state index contributed by atoms with van der Waals surface area (Å²) in [6, 6.07) is 17.1. The first kappa shape index (κ1) is 17.0. The fraction of sp³-hybridized carbons (Fsp3) is 0.190. The highest BCUT2D eigenvalue weighted by molar-refractivity contribution is 5.94. The lowest BCUT2D eigenvalue weighted by molar-refractivity contribution is 0.0600. The SMILES string of the molecule is COC(=O)c1ccc(-c2nc3c([nH]2)C[C@@H](c2ccccc2)CNC3=O)cc1. The van der Waals surface area contributed by atoms with E-state index in [0.717, 1.165) is 11.3 Å². The van der Waals surface area contributed by atoms with Gasteiger partial charge < -0.3 is 15.0 Å². The van der Waals surface area contributed by atoms with Gasteiger partial charge >= 0.3 is 5.97 Å². The van der Waals surface area contributed by atoms with E-state index in [1.54, 1.807) is 24.3 Å². The number of hydrogen-bond acceptors (Lipinski definition) is 4. The lowest BCUT2D eigenvalue weighted by Gasteiger charge is -2.14. The van der Waals surface area contributed by atoms with Crippen molar-refractivity contribution < 1.29 is 14.3 Å². The second-order valence-electron chi connectivity index (χ2n) is 6.50. The summed E-state index contributed by atoms with van der Waals surface area (Å²) in [6.45, 7) is 0.580. The summed E-state index contributed by atoms with van der Waals surface area (Å²) in [4.78, 5) is 31.8. The highest BCUT2D eigenvalue weighted by atomic mass is 16.5. The van der Waals surface area contributed by atoms with Gasteiger partial charge in [0.1, 0.15) is 11.5 Å². The molecule has 0 spiro atoms. The predicted octanol–water partition coefficient (Wildman–Crippen LogP) is 2.93. The minimum atomic E-state index is -0.387. The molecular weight excluding hydrogens is 342 g/mol. The van der Waals surface area contributed by atoms with Crippen LogP contribution in [0, 0.1) is 0 Å². The van der Waals surface area contributed by atoms with Crippen LogP contribution in [0.4, 0.5) is 0 Å². The number of esters is 1. The molecule has 1 aliphatic heterocycles. The number of H-pyrrole nitrogens is 1.